The smallest absolute Gasteiger partial charge is 0.309 e. The minimum absolute atomic E-state index is 0.274. The van der Waals surface area contributed by atoms with Crippen molar-refractivity contribution in [3.63, 3.8) is 0 Å². The Morgan fingerprint density at radius 1 is 1.06 bits per heavy atom. The van der Waals surface area contributed by atoms with Crippen molar-refractivity contribution in [3.8, 4) is 0 Å². The van der Waals surface area contributed by atoms with Crippen LogP contribution in [0.5, 0.6) is 0 Å². The molecule has 1 heterocycles. The fraction of sp³-hybridized carbons (Fsp3) is 0.857. The van der Waals surface area contributed by atoms with Gasteiger partial charge in [-0.3, -0.25) is 9.59 Å². The Morgan fingerprint density at radius 3 is 2.06 bits per heavy atom. The predicted molar refractivity (Wildman–Crippen MR) is 65.9 cm³/mol. The molecule has 0 aromatic carbocycles. The average molecular weight is 251 g/mol. The van der Waals surface area contributed by atoms with Crippen LogP contribution in [0.4, 0.5) is 0 Å². The van der Waals surface area contributed by atoms with Gasteiger partial charge < -0.3 is 10.0 Å². The van der Waals surface area contributed by atoms with E-state index in [0.717, 1.165) is 51.6 Å². The van der Waals surface area contributed by atoms with Crippen molar-refractivity contribution in [2.45, 2.75) is 44.9 Å². The number of aliphatic carboxylic acids is 1. The van der Waals surface area contributed by atoms with E-state index in [1.807, 2.05) is 4.90 Å². The lowest BCUT2D eigenvalue weighted by Gasteiger charge is -2.38. The monoisotopic (exact) mass is 251 g/mol. The average Bonchev–Trinajstić information content (AvgIpc) is 3.08. The summed E-state index contributed by atoms with van der Waals surface area (Å²) in [6, 6.07) is 0. The van der Waals surface area contributed by atoms with E-state index in [1.54, 1.807) is 0 Å². The number of hydrogen-bond donors (Lipinski definition) is 1. The zero-order valence-electron chi connectivity index (χ0n) is 10.7. The number of carboxylic acids is 1. The highest BCUT2D eigenvalue weighted by Gasteiger charge is 2.56. The molecule has 3 rings (SSSR count). The molecule has 1 aliphatic heterocycles. The van der Waals surface area contributed by atoms with Crippen molar-refractivity contribution < 1.29 is 14.7 Å². The number of carbonyl (C=O) groups is 2. The highest BCUT2D eigenvalue weighted by molar-refractivity contribution is 5.80. The Morgan fingerprint density at radius 2 is 1.67 bits per heavy atom. The van der Waals surface area contributed by atoms with Crippen molar-refractivity contribution in [2.24, 2.45) is 17.3 Å². The molecular formula is C14H21NO3. The van der Waals surface area contributed by atoms with E-state index in [2.05, 4.69) is 0 Å². The van der Waals surface area contributed by atoms with Crippen LogP contribution in [0.15, 0.2) is 0 Å². The van der Waals surface area contributed by atoms with Crippen LogP contribution in [0, 0.1) is 17.3 Å². The van der Waals surface area contributed by atoms with Crippen molar-refractivity contribution in [3.05, 3.63) is 0 Å². The highest BCUT2D eigenvalue weighted by Crippen LogP contribution is 2.55. The van der Waals surface area contributed by atoms with E-state index in [-0.39, 0.29) is 5.92 Å². The number of hydrogen-bond acceptors (Lipinski definition) is 2. The molecular weight excluding hydrogens is 230 g/mol. The summed E-state index contributed by atoms with van der Waals surface area (Å²) in [5.41, 5.74) is -0.425. The van der Waals surface area contributed by atoms with Gasteiger partial charge in [-0.1, -0.05) is 6.42 Å². The SMILES string of the molecule is O=C(C1CCC1)N1CCC(C2(C(=O)O)CC2)CC1. The molecule has 3 fully saturated rings. The van der Waals surface area contributed by atoms with Gasteiger partial charge in [-0.2, -0.15) is 0 Å². The first-order valence-electron chi connectivity index (χ1n) is 7.16. The van der Waals surface area contributed by atoms with Crippen molar-refractivity contribution in [1.82, 2.24) is 4.90 Å². The van der Waals surface area contributed by atoms with E-state index in [1.165, 1.54) is 6.42 Å². The van der Waals surface area contributed by atoms with Gasteiger partial charge in [-0.25, -0.2) is 0 Å². The summed E-state index contributed by atoms with van der Waals surface area (Å²) in [4.78, 5) is 25.3. The van der Waals surface area contributed by atoms with Crippen molar-refractivity contribution >= 4 is 11.9 Å². The Bertz CT molecular complexity index is 363. The van der Waals surface area contributed by atoms with Gasteiger partial charge in [0, 0.05) is 19.0 Å². The lowest BCUT2D eigenvalue weighted by atomic mass is 9.80. The molecule has 0 aromatic heterocycles. The summed E-state index contributed by atoms with van der Waals surface area (Å²) in [7, 11) is 0. The zero-order valence-corrected chi connectivity index (χ0v) is 10.7. The molecule has 0 atom stereocenters. The lowest BCUT2D eigenvalue weighted by Crippen LogP contribution is -2.45. The quantitative estimate of drug-likeness (QED) is 0.833. The minimum atomic E-state index is -0.619. The number of piperidine rings is 1. The van der Waals surface area contributed by atoms with Crippen LogP contribution in [-0.4, -0.2) is 35.0 Å². The first-order valence-corrected chi connectivity index (χ1v) is 7.16. The summed E-state index contributed by atoms with van der Waals surface area (Å²) in [5, 5.41) is 9.29. The van der Waals surface area contributed by atoms with Crippen LogP contribution in [0.2, 0.25) is 0 Å². The third kappa shape index (κ3) is 1.82. The molecule has 4 nitrogen and oxygen atoms in total. The molecule has 0 unspecified atom stereocenters. The van der Waals surface area contributed by atoms with Crippen molar-refractivity contribution in [2.75, 3.05) is 13.1 Å². The van der Waals surface area contributed by atoms with E-state index < -0.39 is 11.4 Å². The Kier molecular flexibility index (Phi) is 2.83. The van der Waals surface area contributed by atoms with Crippen LogP contribution in [-0.2, 0) is 9.59 Å². The van der Waals surface area contributed by atoms with Gasteiger partial charge in [0.2, 0.25) is 5.91 Å². The maximum atomic E-state index is 12.1. The highest BCUT2D eigenvalue weighted by atomic mass is 16.4. The largest absolute Gasteiger partial charge is 0.481 e. The molecule has 1 amide bonds. The first kappa shape index (κ1) is 12.0. The summed E-state index contributed by atoms with van der Waals surface area (Å²) < 4.78 is 0. The molecule has 0 spiro atoms. The fourth-order valence-corrected chi connectivity index (χ4v) is 3.50. The Labute approximate surface area is 107 Å². The molecule has 3 aliphatic rings. The third-order valence-corrected chi connectivity index (χ3v) is 5.26. The molecule has 0 bridgehead atoms. The number of amides is 1. The number of carbonyl (C=O) groups excluding carboxylic acids is 1. The molecule has 1 N–H and O–H groups in total. The number of nitrogens with zero attached hydrogens (tertiary/aromatic N) is 1. The van der Waals surface area contributed by atoms with Crippen LogP contribution >= 0.6 is 0 Å². The topological polar surface area (TPSA) is 57.6 Å². The standard InChI is InChI=1S/C14H21NO3/c16-12(10-2-1-3-10)15-8-4-11(5-9-15)14(6-7-14)13(17)18/h10-11H,1-9H2,(H,17,18). The molecule has 0 aromatic rings. The zero-order chi connectivity index (χ0) is 12.8. The van der Waals surface area contributed by atoms with Gasteiger partial charge in [-0.05, 0) is 44.4 Å². The first-order chi connectivity index (χ1) is 8.63. The predicted octanol–water partition coefficient (Wildman–Crippen LogP) is 1.89. The van der Waals surface area contributed by atoms with Gasteiger partial charge in [0.1, 0.15) is 0 Å². The summed E-state index contributed by atoms with van der Waals surface area (Å²) in [6.45, 7) is 1.55. The number of rotatable bonds is 3. The second-order valence-electron chi connectivity index (χ2n) is 6.19. The van der Waals surface area contributed by atoms with E-state index in [0.29, 0.717) is 11.8 Å². The normalized spacial score (nSPS) is 27.7. The summed E-state index contributed by atoms with van der Waals surface area (Å²) in [6.07, 6.45) is 6.73. The van der Waals surface area contributed by atoms with Crippen LogP contribution in [0.1, 0.15) is 44.9 Å². The van der Waals surface area contributed by atoms with Gasteiger partial charge in [0.15, 0.2) is 0 Å². The number of carboxylic acid groups (broad SMARTS) is 1. The van der Waals surface area contributed by atoms with Gasteiger partial charge in [0.25, 0.3) is 0 Å². The Hall–Kier alpha value is -1.06. The second kappa shape index (κ2) is 4.25. The molecule has 0 radical (unpaired) electrons. The fourth-order valence-electron chi connectivity index (χ4n) is 3.50. The van der Waals surface area contributed by atoms with E-state index >= 15 is 0 Å². The maximum absolute atomic E-state index is 12.1. The number of likely N-dealkylation sites (tertiary alicyclic amines) is 1. The lowest BCUT2D eigenvalue weighted by molar-refractivity contribution is -0.147. The van der Waals surface area contributed by atoms with Crippen molar-refractivity contribution in [1.29, 1.82) is 0 Å². The summed E-state index contributed by atoms with van der Waals surface area (Å²) >= 11 is 0. The maximum Gasteiger partial charge on any atom is 0.309 e. The molecule has 4 heteroatoms. The molecule has 1 saturated heterocycles. The molecule has 100 valence electrons. The molecule has 2 saturated carbocycles. The third-order valence-electron chi connectivity index (χ3n) is 5.26. The van der Waals surface area contributed by atoms with Crippen LogP contribution in [0.25, 0.3) is 0 Å². The van der Waals surface area contributed by atoms with Gasteiger partial charge in [0.05, 0.1) is 5.41 Å². The van der Waals surface area contributed by atoms with Gasteiger partial charge >= 0.3 is 5.97 Å². The molecule has 2 aliphatic carbocycles. The van der Waals surface area contributed by atoms with E-state index in [9.17, 15) is 14.7 Å². The molecule has 18 heavy (non-hydrogen) atoms. The van der Waals surface area contributed by atoms with Gasteiger partial charge in [-0.15, -0.1) is 0 Å². The summed E-state index contributed by atoms with van der Waals surface area (Å²) in [5.74, 6) is 0.266. The van der Waals surface area contributed by atoms with Crippen LogP contribution < -0.4 is 0 Å². The van der Waals surface area contributed by atoms with Crippen LogP contribution in [0.3, 0.4) is 0 Å². The minimum Gasteiger partial charge on any atom is -0.481 e. The van der Waals surface area contributed by atoms with E-state index in [4.69, 9.17) is 0 Å². The Balaban J connectivity index is 1.55. The second-order valence-corrected chi connectivity index (χ2v) is 6.19.